The van der Waals surface area contributed by atoms with Crippen LogP contribution in [0, 0.1) is 0 Å². The molecule has 2 aromatic heterocycles. The molecule has 1 aliphatic rings. The van der Waals surface area contributed by atoms with E-state index in [1.54, 1.807) is 7.11 Å². The topological polar surface area (TPSA) is 42.3 Å². The number of halogens is 1. The number of benzene rings is 3. The molecule has 2 atom stereocenters. The van der Waals surface area contributed by atoms with Crippen LogP contribution in [0.1, 0.15) is 23.5 Å². The van der Waals surface area contributed by atoms with Crippen LogP contribution < -0.4 is 15.0 Å². The van der Waals surface area contributed by atoms with Gasteiger partial charge in [-0.15, -0.1) is 0 Å². The van der Waals surface area contributed by atoms with Crippen LogP contribution in [-0.2, 0) is 0 Å². The van der Waals surface area contributed by atoms with Gasteiger partial charge in [0.25, 0.3) is 0 Å². The molecule has 0 amide bonds. The molecule has 0 bridgehead atoms. The first-order valence-electron chi connectivity index (χ1n) is 11.6. The zero-order valence-corrected chi connectivity index (χ0v) is 21.1. The lowest BCUT2D eigenvalue weighted by molar-refractivity contribution is 0.415. The van der Waals surface area contributed by atoms with Gasteiger partial charge in [-0.2, -0.15) is 0 Å². The number of nitrogens with one attached hydrogen (secondary N) is 1. The molecule has 0 unspecified atom stereocenters. The van der Waals surface area contributed by atoms with Crippen molar-refractivity contribution in [3.63, 3.8) is 0 Å². The summed E-state index contributed by atoms with van der Waals surface area (Å²) < 4.78 is 7.60. The van der Waals surface area contributed by atoms with E-state index in [1.807, 2.05) is 42.6 Å². The van der Waals surface area contributed by atoms with Gasteiger partial charge in [-0.3, -0.25) is 4.98 Å². The summed E-state index contributed by atoms with van der Waals surface area (Å²) in [6, 6.07) is 30.5. The highest BCUT2D eigenvalue weighted by molar-refractivity contribution is 7.80. The quantitative estimate of drug-likeness (QED) is 0.261. The van der Waals surface area contributed by atoms with Crippen molar-refractivity contribution >= 4 is 45.4 Å². The molecular formula is C29H23ClN4OS. The summed E-state index contributed by atoms with van der Waals surface area (Å²) in [6.45, 7) is 0. The minimum atomic E-state index is -0.168. The van der Waals surface area contributed by atoms with Crippen LogP contribution in [0.4, 0.5) is 5.69 Å². The summed E-state index contributed by atoms with van der Waals surface area (Å²) in [5, 5.41) is 7.06. The first-order valence-corrected chi connectivity index (χ1v) is 12.4. The molecule has 6 rings (SSSR count). The van der Waals surface area contributed by atoms with Crippen LogP contribution in [-0.4, -0.2) is 21.8 Å². The smallest absolute Gasteiger partial charge is 0.174 e. The molecular weight excluding hydrogens is 488 g/mol. The summed E-state index contributed by atoms with van der Waals surface area (Å²) in [5.41, 5.74) is 3.96. The monoisotopic (exact) mass is 510 g/mol. The molecule has 1 saturated heterocycles. The number of thiocarbonyl (C=S) groups is 1. The molecule has 1 fully saturated rings. The molecule has 5 nitrogen and oxygen atoms in total. The fraction of sp³-hybridized carbons (Fsp3) is 0.103. The maximum atomic E-state index is 6.53. The maximum absolute atomic E-state index is 6.53. The van der Waals surface area contributed by atoms with Crippen LogP contribution in [0.5, 0.6) is 5.75 Å². The summed E-state index contributed by atoms with van der Waals surface area (Å²) in [6.07, 6.45) is 3.90. The number of hydrogen-bond donors (Lipinski definition) is 1. The maximum Gasteiger partial charge on any atom is 0.174 e. The highest BCUT2D eigenvalue weighted by Gasteiger charge is 2.42. The second kappa shape index (κ2) is 9.30. The molecule has 36 heavy (non-hydrogen) atoms. The van der Waals surface area contributed by atoms with E-state index in [9.17, 15) is 0 Å². The lowest BCUT2D eigenvalue weighted by Crippen LogP contribution is -2.30. The third kappa shape index (κ3) is 3.88. The molecule has 5 aromatic rings. The molecule has 1 N–H and O–H groups in total. The Bertz CT molecular complexity index is 1570. The number of nitrogens with zero attached hydrogens (tertiary/aromatic N) is 3. The predicted molar refractivity (Wildman–Crippen MR) is 149 cm³/mol. The molecule has 3 aromatic carbocycles. The number of hydrogen-bond acceptors (Lipinski definition) is 3. The molecule has 3 heterocycles. The van der Waals surface area contributed by atoms with Gasteiger partial charge in [-0.25, -0.2) is 0 Å². The molecule has 0 radical (unpaired) electrons. The van der Waals surface area contributed by atoms with E-state index < -0.39 is 0 Å². The fourth-order valence-electron chi connectivity index (χ4n) is 4.94. The molecule has 0 aliphatic carbocycles. The Balaban J connectivity index is 1.51. The van der Waals surface area contributed by atoms with E-state index in [-0.39, 0.29) is 12.1 Å². The lowest BCUT2D eigenvalue weighted by Gasteiger charge is -2.29. The minimum absolute atomic E-state index is 0.159. The van der Waals surface area contributed by atoms with Crippen molar-refractivity contribution in [2.24, 2.45) is 0 Å². The van der Waals surface area contributed by atoms with E-state index in [0.717, 1.165) is 22.8 Å². The Morgan fingerprint density at radius 2 is 1.69 bits per heavy atom. The summed E-state index contributed by atoms with van der Waals surface area (Å²) in [4.78, 5) is 6.79. The average Bonchev–Trinajstić information content (AvgIpc) is 3.53. The van der Waals surface area contributed by atoms with Crippen molar-refractivity contribution in [3.8, 4) is 11.4 Å². The Kier molecular flexibility index (Phi) is 5.83. The van der Waals surface area contributed by atoms with Crippen LogP contribution in [0.25, 0.3) is 16.5 Å². The molecule has 0 saturated carbocycles. The largest absolute Gasteiger partial charge is 0.495 e. The number of methoxy groups -OCH3 is 1. The summed E-state index contributed by atoms with van der Waals surface area (Å²) in [7, 11) is 1.61. The number of pyridine rings is 1. The average molecular weight is 511 g/mol. The van der Waals surface area contributed by atoms with Gasteiger partial charge in [0.05, 0.1) is 23.9 Å². The van der Waals surface area contributed by atoms with Crippen molar-refractivity contribution in [1.29, 1.82) is 0 Å². The van der Waals surface area contributed by atoms with Gasteiger partial charge < -0.3 is 19.5 Å². The molecule has 7 heteroatoms. The Morgan fingerprint density at radius 1 is 0.889 bits per heavy atom. The predicted octanol–water partition coefficient (Wildman–Crippen LogP) is 6.86. The first-order chi connectivity index (χ1) is 17.6. The minimum Gasteiger partial charge on any atom is -0.495 e. The first kappa shape index (κ1) is 22.6. The number of fused-ring (bicyclic) bond motifs is 1. The second-order valence-corrected chi connectivity index (χ2v) is 9.44. The van der Waals surface area contributed by atoms with Gasteiger partial charge >= 0.3 is 0 Å². The normalized spacial score (nSPS) is 17.4. The van der Waals surface area contributed by atoms with E-state index >= 15 is 0 Å². The van der Waals surface area contributed by atoms with E-state index in [4.69, 9.17) is 28.6 Å². The number of ether oxygens (including phenoxy) is 1. The number of aromatic nitrogens is 2. The van der Waals surface area contributed by atoms with Gasteiger partial charge in [-0.1, -0.05) is 48.0 Å². The highest BCUT2D eigenvalue weighted by atomic mass is 35.5. The van der Waals surface area contributed by atoms with Crippen LogP contribution in [0.15, 0.2) is 103 Å². The zero-order valence-electron chi connectivity index (χ0n) is 19.5. The summed E-state index contributed by atoms with van der Waals surface area (Å²) >= 11 is 12.4. The van der Waals surface area contributed by atoms with E-state index in [1.165, 1.54) is 10.8 Å². The molecule has 1 aliphatic heterocycles. The van der Waals surface area contributed by atoms with Crippen molar-refractivity contribution in [2.45, 2.75) is 12.1 Å². The highest BCUT2D eigenvalue weighted by Crippen LogP contribution is 2.43. The second-order valence-electron chi connectivity index (χ2n) is 8.65. The van der Waals surface area contributed by atoms with Crippen molar-refractivity contribution in [1.82, 2.24) is 14.9 Å². The van der Waals surface area contributed by atoms with Crippen molar-refractivity contribution in [2.75, 3.05) is 12.0 Å². The third-order valence-corrected chi connectivity index (χ3v) is 7.22. The van der Waals surface area contributed by atoms with E-state index in [0.29, 0.717) is 15.9 Å². The molecule has 0 spiro atoms. The van der Waals surface area contributed by atoms with Crippen LogP contribution >= 0.6 is 23.8 Å². The third-order valence-electron chi connectivity index (χ3n) is 6.61. The Labute approximate surface area is 219 Å². The zero-order chi connectivity index (χ0) is 24.6. The Morgan fingerprint density at radius 3 is 2.47 bits per heavy atom. The van der Waals surface area contributed by atoms with Gasteiger partial charge in [-0.05, 0) is 77.6 Å². The van der Waals surface area contributed by atoms with Crippen molar-refractivity contribution < 1.29 is 4.74 Å². The van der Waals surface area contributed by atoms with E-state index in [2.05, 4.69) is 80.6 Å². The summed E-state index contributed by atoms with van der Waals surface area (Å²) in [5.74, 6) is 0.621. The molecule has 178 valence electrons. The van der Waals surface area contributed by atoms with Crippen molar-refractivity contribution in [3.05, 3.63) is 120 Å². The van der Waals surface area contributed by atoms with Gasteiger partial charge in [0.2, 0.25) is 0 Å². The number of rotatable bonds is 5. The Hall–Kier alpha value is -3.87. The van der Waals surface area contributed by atoms with Gasteiger partial charge in [0.1, 0.15) is 11.8 Å². The lowest BCUT2D eigenvalue weighted by atomic mass is 10.0. The van der Waals surface area contributed by atoms with Crippen LogP contribution in [0.3, 0.4) is 0 Å². The van der Waals surface area contributed by atoms with Gasteiger partial charge in [0, 0.05) is 29.5 Å². The number of anilines is 1. The standard InChI is InChI=1S/C29H23ClN4OS/c1-35-26-14-13-22(18-23(26)30)34-28(27(32-29(34)36)24-9-4-5-15-31-24)25-10-6-16-33(25)21-12-11-19-7-2-3-8-20(19)17-21/h2-18,27-28H,1H3,(H,32,36)/t27-,28-/m0/s1. The fourth-order valence-corrected chi connectivity index (χ4v) is 5.53. The van der Waals surface area contributed by atoms with Crippen LogP contribution in [0.2, 0.25) is 5.02 Å². The SMILES string of the molecule is COc1ccc(N2C(=S)N[C@@H](c3ccccn3)[C@@H]2c2cccn2-c2ccc3ccccc3c2)cc1Cl. The van der Waals surface area contributed by atoms with Gasteiger partial charge in [0.15, 0.2) is 5.11 Å².